The van der Waals surface area contributed by atoms with Crippen molar-refractivity contribution in [2.24, 2.45) is 0 Å². The van der Waals surface area contributed by atoms with Crippen molar-refractivity contribution in [2.75, 3.05) is 12.4 Å². The standard InChI is InChI=1S/C15H12BrClN2O2S/c1-21-13-6-5-11(8-12(13)16)18-15(22)19-14(20)9-3-2-4-10(17)7-9/h2-8H,1H3,(H2,18,19,20,22). The summed E-state index contributed by atoms with van der Waals surface area (Å²) in [5, 5.41) is 6.21. The summed E-state index contributed by atoms with van der Waals surface area (Å²) >= 11 is 14.4. The molecule has 0 aliphatic rings. The summed E-state index contributed by atoms with van der Waals surface area (Å²) < 4.78 is 5.93. The van der Waals surface area contributed by atoms with Gasteiger partial charge in [-0.2, -0.15) is 0 Å². The lowest BCUT2D eigenvalue weighted by atomic mass is 10.2. The van der Waals surface area contributed by atoms with Gasteiger partial charge in [-0.3, -0.25) is 10.1 Å². The minimum absolute atomic E-state index is 0.196. The summed E-state index contributed by atoms with van der Waals surface area (Å²) in [4.78, 5) is 12.0. The zero-order chi connectivity index (χ0) is 16.1. The number of methoxy groups -OCH3 is 1. The Kier molecular flexibility index (Phi) is 5.76. The van der Waals surface area contributed by atoms with Crippen LogP contribution in [0.3, 0.4) is 0 Å². The Bertz CT molecular complexity index is 724. The lowest BCUT2D eigenvalue weighted by Crippen LogP contribution is -2.34. The number of amides is 1. The van der Waals surface area contributed by atoms with Gasteiger partial charge >= 0.3 is 0 Å². The van der Waals surface area contributed by atoms with Crippen molar-refractivity contribution in [3.8, 4) is 5.75 Å². The summed E-state index contributed by atoms with van der Waals surface area (Å²) in [6, 6.07) is 12.0. The molecule has 0 unspecified atom stereocenters. The number of ether oxygens (including phenoxy) is 1. The fourth-order valence-electron chi connectivity index (χ4n) is 1.71. The molecule has 114 valence electrons. The molecule has 0 spiro atoms. The molecule has 0 radical (unpaired) electrons. The maximum absolute atomic E-state index is 12.0. The Balaban J connectivity index is 2.01. The first kappa shape index (κ1) is 16.7. The second-order valence-corrected chi connectivity index (χ2v) is 5.97. The van der Waals surface area contributed by atoms with E-state index in [-0.39, 0.29) is 11.0 Å². The Labute approximate surface area is 146 Å². The second-order valence-electron chi connectivity index (χ2n) is 4.27. The van der Waals surface area contributed by atoms with Crippen LogP contribution >= 0.6 is 39.7 Å². The van der Waals surface area contributed by atoms with Crippen LogP contribution in [0, 0.1) is 0 Å². The van der Waals surface area contributed by atoms with E-state index in [2.05, 4.69) is 26.6 Å². The minimum Gasteiger partial charge on any atom is -0.496 e. The van der Waals surface area contributed by atoms with Gasteiger partial charge in [-0.25, -0.2) is 0 Å². The number of thiocarbonyl (C=S) groups is 1. The molecule has 2 aromatic carbocycles. The molecule has 0 aliphatic heterocycles. The number of anilines is 1. The van der Waals surface area contributed by atoms with Gasteiger partial charge in [0.2, 0.25) is 0 Å². The molecule has 0 heterocycles. The van der Waals surface area contributed by atoms with Gasteiger partial charge in [-0.15, -0.1) is 0 Å². The van der Waals surface area contributed by atoms with E-state index in [9.17, 15) is 4.79 Å². The molecular weight excluding hydrogens is 388 g/mol. The fourth-order valence-corrected chi connectivity index (χ4v) is 2.65. The zero-order valence-corrected chi connectivity index (χ0v) is 14.7. The largest absolute Gasteiger partial charge is 0.496 e. The predicted molar refractivity (Wildman–Crippen MR) is 95.8 cm³/mol. The van der Waals surface area contributed by atoms with Gasteiger partial charge in [0.1, 0.15) is 5.75 Å². The van der Waals surface area contributed by atoms with E-state index < -0.39 is 0 Å². The van der Waals surface area contributed by atoms with Crippen molar-refractivity contribution >= 4 is 56.5 Å². The third kappa shape index (κ3) is 4.43. The van der Waals surface area contributed by atoms with Crippen LogP contribution in [-0.4, -0.2) is 18.1 Å². The number of hydrogen-bond acceptors (Lipinski definition) is 3. The van der Waals surface area contributed by atoms with Crippen molar-refractivity contribution < 1.29 is 9.53 Å². The highest BCUT2D eigenvalue weighted by Gasteiger charge is 2.09. The molecule has 0 fully saturated rings. The van der Waals surface area contributed by atoms with Gasteiger partial charge in [0.25, 0.3) is 5.91 Å². The average Bonchev–Trinajstić information content (AvgIpc) is 2.47. The van der Waals surface area contributed by atoms with E-state index in [4.69, 9.17) is 28.6 Å². The van der Waals surface area contributed by atoms with E-state index in [0.717, 1.165) is 10.2 Å². The first-order chi connectivity index (χ1) is 10.5. The molecule has 2 N–H and O–H groups in total. The Morgan fingerprint density at radius 3 is 2.68 bits per heavy atom. The van der Waals surface area contributed by atoms with Crippen molar-refractivity contribution in [3.05, 3.63) is 57.5 Å². The number of rotatable bonds is 3. The molecule has 0 bridgehead atoms. The molecule has 22 heavy (non-hydrogen) atoms. The monoisotopic (exact) mass is 398 g/mol. The average molecular weight is 400 g/mol. The third-order valence-electron chi connectivity index (χ3n) is 2.72. The van der Waals surface area contributed by atoms with Gasteiger partial charge in [0.15, 0.2) is 5.11 Å². The number of halogens is 2. The number of benzene rings is 2. The molecule has 4 nitrogen and oxygen atoms in total. The maximum Gasteiger partial charge on any atom is 0.257 e. The van der Waals surface area contributed by atoms with Crippen molar-refractivity contribution in [1.29, 1.82) is 0 Å². The van der Waals surface area contributed by atoms with Gasteiger partial charge in [0, 0.05) is 16.3 Å². The molecule has 2 rings (SSSR count). The lowest BCUT2D eigenvalue weighted by Gasteiger charge is -2.11. The van der Waals surface area contributed by atoms with Gasteiger partial charge in [-0.1, -0.05) is 17.7 Å². The number of carbonyl (C=O) groups is 1. The van der Waals surface area contributed by atoms with Gasteiger partial charge < -0.3 is 10.1 Å². The van der Waals surface area contributed by atoms with Crippen LogP contribution in [0.2, 0.25) is 5.02 Å². The van der Waals surface area contributed by atoms with Crippen LogP contribution in [0.4, 0.5) is 5.69 Å². The fraction of sp³-hybridized carbons (Fsp3) is 0.0667. The highest BCUT2D eigenvalue weighted by atomic mass is 79.9. The van der Waals surface area contributed by atoms with Crippen molar-refractivity contribution in [2.45, 2.75) is 0 Å². The molecular formula is C15H12BrClN2O2S. The van der Waals surface area contributed by atoms with Crippen molar-refractivity contribution in [3.63, 3.8) is 0 Å². The van der Waals surface area contributed by atoms with E-state index in [1.807, 2.05) is 0 Å². The maximum atomic E-state index is 12.0. The quantitative estimate of drug-likeness (QED) is 0.758. The highest BCUT2D eigenvalue weighted by Crippen LogP contribution is 2.27. The summed E-state index contributed by atoms with van der Waals surface area (Å²) in [5.74, 6) is 0.381. The normalized spacial score (nSPS) is 9.95. The molecule has 0 saturated heterocycles. The number of carbonyl (C=O) groups excluding carboxylic acids is 1. The third-order valence-corrected chi connectivity index (χ3v) is 3.78. The molecule has 7 heteroatoms. The van der Waals surface area contributed by atoms with Gasteiger partial charge in [-0.05, 0) is 64.5 Å². The van der Waals surface area contributed by atoms with Crippen LogP contribution in [-0.2, 0) is 0 Å². The molecule has 2 aromatic rings. The predicted octanol–water partition coefficient (Wildman–Crippen LogP) is 4.24. The van der Waals surface area contributed by atoms with E-state index in [1.165, 1.54) is 0 Å². The summed E-state index contributed by atoms with van der Waals surface area (Å²) in [6.07, 6.45) is 0. The van der Waals surface area contributed by atoms with Crippen LogP contribution in [0.25, 0.3) is 0 Å². The van der Waals surface area contributed by atoms with Gasteiger partial charge in [0.05, 0.1) is 11.6 Å². The summed E-state index contributed by atoms with van der Waals surface area (Å²) in [5.41, 5.74) is 1.16. The SMILES string of the molecule is COc1ccc(NC(=S)NC(=O)c2cccc(Cl)c2)cc1Br. The lowest BCUT2D eigenvalue weighted by molar-refractivity contribution is 0.0977. The first-order valence-corrected chi connectivity index (χ1v) is 7.79. The topological polar surface area (TPSA) is 50.4 Å². The Morgan fingerprint density at radius 2 is 2.05 bits per heavy atom. The highest BCUT2D eigenvalue weighted by molar-refractivity contribution is 9.10. The Hall–Kier alpha value is -1.63. The minimum atomic E-state index is -0.326. The summed E-state index contributed by atoms with van der Waals surface area (Å²) in [6.45, 7) is 0. The van der Waals surface area contributed by atoms with E-state index in [1.54, 1.807) is 49.6 Å². The van der Waals surface area contributed by atoms with Crippen LogP contribution in [0.1, 0.15) is 10.4 Å². The molecule has 0 aromatic heterocycles. The molecule has 0 atom stereocenters. The van der Waals surface area contributed by atoms with Crippen LogP contribution < -0.4 is 15.4 Å². The second kappa shape index (κ2) is 7.58. The van der Waals surface area contributed by atoms with E-state index >= 15 is 0 Å². The number of hydrogen-bond donors (Lipinski definition) is 2. The summed E-state index contributed by atoms with van der Waals surface area (Å²) in [7, 11) is 1.59. The first-order valence-electron chi connectivity index (χ1n) is 6.21. The van der Waals surface area contributed by atoms with Crippen molar-refractivity contribution in [1.82, 2.24) is 5.32 Å². The number of nitrogens with one attached hydrogen (secondary N) is 2. The molecule has 0 saturated carbocycles. The Morgan fingerprint density at radius 1 is 1.27 bits per heavy atom. The zero-order valence-electron chi connectivity index (χ0n) is 11.5. The molecule has 1 amide bonds. The van der Waals surface area contributed by atoms with E-state index in [0.29, 0.717) is 16.3 Å². The van der Waals surface area contributed by atoms with Crippen LogP contribution in [0.15, 0.2) is 46.9 Å². The van der Waals surface area contributed by atoms with Crippen LogP contribution in [0.5, 0.6) is 5.75 Å². The smallest absolute Gasteiger partial charge is 0.257 e. The molecule has 0 aliphatic carbocycles.